The molecule has 0 bridgehead atoms. The summed E-state index contributed by atoms with van der Waals surface area (Å²) >= 11 is 1.64. The average molecular weight is 324 g/mol. The molecule has 0 aromatic heterocycles. The molecule has 2 aromatic carbocycles. The van der Waals surface area contributed by atoms with Gasteiger partial charge in [-0.25, -0.2) is 0 Å². The van der Waals surface area contributed by atoms with Crippen LogP contribution in [0.5, 0.6) is 0 Å². The molecule has 0 aliphatic carbocycles. The fourth-order valence-corrected chi connectivity index (χ4v) is 3.53. The normalized spacial score (nSPS) is 14.0. The Balaban J connectivity index is 1.69. The number of carbonyl (C=O) groups is 1. The number of nitrogens with zero attached hydrogens (tertiary/aromatic N) is 2. The van der Waals surface area contributed by atoms with Crippen LogP contribution in [0.15, 0.2) is 53.5 Å². The van der Waals surface area contributed by atoms with E-state index in [4.69, 9.17) is 0 Å². The van der Waals surface area contributed by atoms with Crippen molar-refractivity contribution in [3.8, 4) is 0 Å². The van der Waals surface area contributed by atoms with Crippen LogP contribution in [-0.2, 0) is 5.75 Å². The molecule has 4 heteroatoms. The molecular formula is C19H20N2OS. The van der Waals surface area contributed by atoms with Crippen molar-refractivity contribution < 1.29 is 4.79 Å². The van der Waals surface area contributed by atoms with Crippen LogP contribution in [0.25, 0.3) is 0 Å². The third-order valence-electron chi connectivity index (χ3n) is 3.91. The molecule has 23 heavy (non-hydrogen) atoms. The molecule has 1 aliphatic heterocycles. The number of thioether (sulfide) groups is 1. The number of amidine groups is 1. The van der Waals surface area contributed by atoms with Gasteiger partial charge in [-0.3, -0.25) is 14.7 Å². The zero-order valence-corrected chi connectivity index (χ0v) is 14.3. The lowest BCUT2D eigenvalue weighted by atomic mass is 10.1. The summed E-state index contributed by atoms with van der Waals surface area (Å²) in [7, 11) is 0. The van der Waals surface area contributed by atoms with Crippen LogP contribution in [0.3, 0.4) is 0 Å². The number of hydrogen-bond acceptors (Lipinski definition) is 3. The van der Waals surface area contributed by atoms with Gasteiger partial charge in [-0.1, -0.05) is 59.8 Å². The molecule has 0 fully saturated rings. The standard InChI is InChI=1S/C19H20N2OS/c1-14-7-9-16(10-8-14)13-23-19-20-11-12-21(19)18(22)17-6-4-3-5-15(17)2/h3-10H,11-13H2,1-2H3. The largest absolute Gasteiger partial charge is 0.286 e. The number of hydrogen-bond donors (Lipinski definition) is 0. The molecule has 3 rings (SSSR count). The number of aryl methyl sites for hydroxylation is 2. The highest BCUT2D eigenvalue weighted by Crippen LogP contribution is 2.22. The Bertz CT molecular complexity index is 737. The van der Waals surface area contributed by atoms with Gasteiger partial charge in [0.1, 0.15) is 0 Å². The van der Waals surface area contributed by atoms with Gasteiger partial charge in [0, 0.05) is 17.9 Å². The minimum Gasteiger partial charge on any atom is -0.286 e. The minimum atomic E-state index is 0.0516. The van der Waals surface area contributed by atoms with E-state index in [-0.39, 0.29) is 5.91 Å². The van der Waals surface area contributed by atoms with Crippen molar-refractivity contribution in [3.63, 3.8) is 0 Å². The summed E-state index contributed by atoms with van der Waals surface area (Å²) in [5, 5.41) is 0.832. The molecule has 0 unspecified atom stereocenters. The molecule has 0 atom stereocenters. The summed E-state index contributed by atoms with van der Waals surface area (Å²) in [6.07, 6.45) is 0. The Labute approximate surface area is 141 Å². The number of amides is 1. The second-order valence-corrected chi connectivity index (χ2v) is 6.65. The summed E-state index contributed by atoms with van der Waals surface area (Å²) in [6.45, 7) is 5.41. The first kappa shape index (κ1) is 15.8. The summed E-state index contributed by atoms with van der Waals surface area (Å²) < 4.78 is 0. The lowest BCUT2D eigenvalue weighted by molar-refractivity contribution is 0.0860. The Morgan fingerprint density at radius 3 is 2.61 bits per heavy atom. The van der Waals surface area contributed by atoms with Crippen LogP contribution in [-0.4, -0.2) is 29.1 Å². The van der Waals surface area contributed by atoms with Crippen LogP contribution in [0.2, 0.25) is 0 Å². The van der Waals surface area contributed by atoms with Crippen LogP contribution in [0, 0.1) is 13.8 Å². The first-order valence-electron chi connectivity index (χ1n) is 7.75. The van der Waals surface area contributed by atoms with E-state index in [0.29, 0.717) is 13.1 Å². The van der Waals surface area contributed by atoms with Crippen molar-refractivity contribution in [2.75, 3.05) is 13.1 Å². The highest BCUT2D eigenvalue weighted by molar-refractivity contribution is 8.13. The number of aliphatic imine (C=N–C) groups is 1. The Hall–Kier alpha value is -2.07. The summed E-state index contributed by atoms with van der Waals surface area (Å²) in [6, 6.07) is 16.2. The third-order valence-corrected chi connectivity index (χ3v) is 5.00. The summed E-state index contributed by atoms with van der Waals surface area (Å²) in [5.41, 5.74) is 4.28. The van der Waals surface area contributed by atoms with Crippen LogP contribution >= 0.6 is 11.8 Å². The SMILES string of the molecule is Cc1ccc(CSC2=NCCN2C(=O)c2ccccc2C)cc1. The maximum atomic E-state index is 12.8. The van der Waals surface area contributed by atoms with Crippen molar-refractivity contribution >= 4 is 22.8 Å². The van der Waals surface area contributed by atoms with E-state index in [1.54, 1.807) is 16.7 Å². The van der Waals surface area contributed by atoms with Gasteiger partial charge in [-0.05, 0) is 31.0 Å². The van der Waals surface area contributed by atoms with E-state index in [2.05, 4.69) is 36.2 Å². The molecule has 0 spiro atoms. The van der Waals surface area contributed by atoms with Gasteiger partial charge < -0.3 is 0 Å². The fraction of sp³-hybridized carbons (Fsp3) is 0.263. The molecule has 0 saturated heterocycles. The van der Waals surface area contributed by atoms with Gasteiger partial charge in [0.05, 0.1) is 6.54 Å². The predicted octanol–water partition coefficient (Wildman–Crippen LogP) is 4.05. The molecule has 118 valence electrons. The van der Waals surface area contributed by atoms with E-state index in [1.165, 1.54) is 11.1 Å². The van der Waals surface area contributed by atoms with Gasteiger partial charge in [0.25, 0.3) is 5.91 Å². The van der Waals surface area contributed by atoms with E-state index in [1.807, 2.05) is 31.2 Å². The maximum Gasteiger partial charge on any atom is 0.260 e. The lowest BCUT2D eigenvalue weighted by Crippen LogP contribution is -2.33. The quantitative estimate of drug-likeness (QED) is 0.853. The molecule has 0 saturated carbocycles. The average Bonchev–Trinajstić information content (AvgIpc) is 3.03. The van der Waals surface area contributed by atoms with Crippen molar-refractivity contribution in [2.45, 2.75) is 19.6 Å². The van der Waals surface area contributed by atoms with Gasteiger partial charge in [-0.15, -0.1) is 0 Å². The molecular weight excluding hydrogens is 304 g/mol. The van der Waals surface area contributed by atoms with Crippen LogP contribution < -0.4 is 0 Å². The second-order valence-electron chi connectivity index (χ2n) is 5.71. The van der Waals surface area contributed by atoms with E-state index >= 15 is 0 Å². The molecule has 2 aromatic rings. The maximum absolute atomic E-state index is 12.8. The topological polar surface area (TPSA) is 32.7 Å². The van der Waals surface area contributed by atoms with Gasteiger partial charge in [0.2, 0.25) is 0 Å². The highest BCUT2D eigenvalue weighted by Gasteiger charge is 2.25. The smallest absolute Gasteiger partial charge is 0.260 e. The van der Waals surface area contributed by atoms with E-state index in [0.717, 1.165) is 22.0 Å². The monoisotopic (exact) mass is 324 g/mol. The zero-order chi connectivity index (χ0) is 16.2. The van der Waals surface area contributed by atoms with Crippen molar-refractivity contribution in [3.05, 3.63) is 70.8 Å². The van der Waals surface area contributed by atoms with Crippen molar-refractivity contribution in [1.82, 2.24) is 4.90 Å². The molecule has 3 nitrogen and oxygen atoms in total. The second kappa shape index (κ2) is 7.01. The van der Waals surface area contributed by atoms with Gasteiger partial charge in [-0.2, -0.15) is 0 Å². The van der Waals surface area contributed by atoms with Gasteiger partial charge >= 0.3 is 0 Å². The van der Waals surface area contributed by atoms with Crippen LogP contribution in [0.4, 0.5) is 0 Å². The summed E-state index contributed by atoms with van der Waals surface area (Å²) in [5.74, 6) is 0.882. The van der Waals surface area contributed by atoms with Crippen LogP contribution in [0.1, 0.15) is 27.0 Å². The minimum absolute atomic E-state index is 0.0516. The number of benzene rings is 2. The first-order chi connectivity index (χ1) is 11.1. The Morgan fingerprint density at radius 1 is 1.13 bits per heavy atom. The first-order valence-corrected chi connectivity index (χ1v) is 8.74. The Kier molecular flexibility index (Phi) is 4.82. The van der Waals surface area contributed by atoms with Crippen molar-refractivity contribution in [1.29, 1.82) is 0 Å². The number of rotatable bonds is 3. The predicted molar refractivity (Wildman–Crippen MR) is 97.0 cm³/mol. The molecule has 0 radical (unpaired) electrons. The highest BCUT2D eigenvalue weighted by atomic mass is 32.2. The lowest BCUT2D eigenvalue weighted by Gasteiger charge is -2.19. The third kappa shape index (κ3) is 3.64. The van der Waals surface area contributed by atoms with E-state index < -0.39 is 0 Å². The zero-order valence-electron chi connectivity index (χ0n) is 13.5. The molecule has 1 amide bonds. The molecule has 1 aliphatic rings. The molecule has 0 N–H and O–H groups in total. The Morgan fingerprint density at radius 2 is 1.87 bits per heavy atom. The van der Waals surface area contributed by atoms with E-state index in [9.17, 15) is 4.79 Å². The number of carbonyl (C=O) groups excluding carboxylic acids is 1. The summed E-state index contributed by atoms with van der Waals surface area (Å²) in [4.78, 5) is 19.1. The fourth-order valence-electron chi connectivity index (χ4n) is 2.53. The van der Waals surface area contributed by atoms with Gasteiger partial charge in [0.15, 0.2) is 5.17 Å². The molecule has 1 heterocycles. The van der Waals surface area contributed by atoms with Crippen molar-refractivity contribution in [2.24, 2.45) is 4.99 Å².